The molecule has 0 atom stereocenters. The van der Waals surface area contributed by atoms with Crippen LogP contribution in [0, 0.1) is 0 Å². The summed E-state index contributed by atoms with van der Waals surface area (Å²) >= 11 is 0. The van der Waals surface area contributed by atoms with Gasteiger partial charge in [0.2, 0.25) is 0 Å². The van der Waals surface area contributed by atoms with E-state index in [1.165, 1.54) is 85.0 Å². The Kier molecular flexibility index (Phi) is 25.8. The predicted molar refractivity (Wildman–Crippen MR) is 377 cm³/mol. The van der Waals surface area contributed by atoms with Gasteiger partial charge in [0.1, 0.15) is 39.7 Å². The number of phenols is 16. The zero-order valence-corrected chi connectivity index (χ0v) is 53.4. The molecule has 12 rings (SSSR count). The Morgan fingerprint density at radius 2 is 0.686 bits per heavy atom. The van der Waals surface area contributed by atoms with Crippen LogP contribution in [0.15, 0.2) is 200 Å². The van der Waals surface area contributed by atoms with Crippen LogP contribution >= 0.6 is 0 Å². The van der Waals surface area contributed by atoms with Crippen molar-refractivity contribution in [3.63, 3.8) is 0 Å². The Bertz CT molecular complexity index is 5400. The molecule has 0 aliphatic carbocycles. The molecule has 12 aromatic carbocycles. The highest BCUT2D eigenvalue weighted by molar-refractivity contribution is 6.11. The molecule has 30 nitrogen and oxygen atoms in total. The minimum Gasteiger partial charge on any atom is -0.508 e. The number of allylic oxidation sites excluding steroid dienone is 2. The lowest BCUT2D eigenvalue weighted by atomic mass is 10.0. The number of carbonyl (C=O) groups is 7. The summed E-state index contributed by atoms with van der Waals surface area (Å²) in [7, 11) is 0. The summed E-state index contributed by atoms with van der Waals surface area (Å²) in [4.78, 5) is 74.8. The zero-order chi connectivity index (χ0) is 77.8. The Labute approximate surface area is 587 Å². The molecule has 0 aromatic heterocycles. The van der Waals surface area contributed by atoms with Crippen molar-refractivity contribution in [2.45, 2.75) is 0 Å². The van der Waals surface area contributed by atoms with Crippen molar-refractivity contribution in [2.75, 3.05) is 0 Å². The fourth-order valence-electron chi connectivity index (χ4n) is 9.60. The van der Waals surface area contributed by atoms with Gasteiger partial charge in [-0.1, -0.05) is 115 Å². The van der Waals surface area contributed by atoms with Crippen LogP contribution in [0.2, 0.25) is 0 Å². The summed E-state index contributed by atoms with van der Waals surface area (Å²) < 4.78 is 0. The molecule has 0 heterocycles. The lowest BCUT2D eigenvalue weighted by molar-refractivity contribution is -0.132. The van der Waals surface area contributed by atoms with Gasteiger partial charge >= 0.3 is 41.8 Å². The van der Waals surface area contributed by atoms with E-state index in [1.54, 1.807) is 91.0 Å². The quantitative estimate of drug-likeness (QED) is 0.0343. The predicted octanol–water partition coefficient (Wildman–Crippen LogP) is 12.1. The average molecular weight is 1440 g/mol. The summed E-state index contributed by atoms with van der Waals surface area (Å²) in [6.45, 7) is 0. The lowest BCUT2D eigenvalue weighted by Gasteiger charge is -2.06. The number of aromatic carboxylic acids is 5. The molecule has 538 valence electrons. The number of aliphatic carboxylic acids is 2. The van der Waals surface area contributed by atoms with Crippen molar-refractivity contribution in [3.8, 4) is 92.0 Å². The second-order valence-electron chi connectivity index (χ2n) is 21.3. The molecular weight excluding hydrogens is 1380 g/mol. The smallest absolute Gasteiger partial charge is 0.340 e. The lowest BCUT2D eigenvalue weighted by Crippen LogP contribution is -1.98. The number of rotatable bonds is 10. The third kappa shape index (κ3) is 19.8. The standard InChI is InChI=1S/C11H10O5.5C11H8O4.C9H8O5/c12-8-5-7(6-9(13)11(8)16)3-1-2-4-10(14)15;12-7-2-3-8-6(5-7)1-4-9(13)10(8)11(14)15;12-8-5-4-6-2-1-3-7(11(14)15)9(6)10(8)13;12-8-5-9(13)10(11(14)15)7-4-2-1-3-6(7)8;12-9-5-8(11(14)15)6-3-1-2-4-7(6)10(9)13;12-8-5-6-3-1-2-4-7(6)9(10(8)13)11(14)15;10-6-3-5(1-2-8(12)13)4-7(11)9(6)14/h1-6,12-13,16H,(H,14,15);5*1-5,12-13H,(H,14,15);1-4,10-11,14H,(H,12,13)/b3-1+,4-2+;;;;;;2-1+. The average Bonchev–Trinajstić information content (AvgIpc) is 0.807. The van der Waals surface area contributed by atoms with E-state index in [0.717, 1.165) is 36.4 Å². The van der Waals surface area contributed by atoms with Crippen LogP contribution < -0.4 is 0 Å². The van der Waals surface area contributed by atoms with Crippen LogP contribution in [0.4, 0.5) is 0 Å². The van der Waals surface area contributed by atoms with Gasteiger partial charge in [0, 0.05) is 55.9 Å². The summed E-state index contributed by atoms with van der Waals surface area (Å²) in [5.41, 5.74) is 0.0475. The molecule has 0 spiro atoms. The van der Waals surface area contributed by atoms with Gasteiger partial charge in [-0.15, -0.1) is 0 Å². The van der Waals surface area contributed by atoms with Gasteiger partial charge in [-0.05, 0) is 106 Å². The number of aromatic hydroxyl groups is 16. The number of phenolic OH excluding ortho intramolecular Hbond substituents is 13. The fraction of sp³-hybridized carbons (Fsp3) is 0. The third-order valence-corrected chi connectivity index (χ3v) is 14.3. The van der Waals surface area contributed by atoms with Crippen molar-refractivity contribution in [1.29, 1.82) is 0 Å². The van der Waals surface area contributed by atoms with E-state index in [2.05, 4.69) is 0 Å². The van der Waals surface area contributed by atoms with Gasteiger partial charge in [-0.2, -0.15) is 0 Å². The number of hydrogen-bond acceptors (Lipinski definition) is 23. The normalized spacial score (nSPS) is 10.6. The van der Waals surface area contributed by atoms with Gasteiger partial charge < -0.3 is 117 Å². The van der Waals surface area contributed by atoms with Crippen molar-refractivity contribution in [1.82, 2.24) is 0 Å². The minimum atomic E-state index is -1.26. The summed E-state index contributed by atoms with van der Waals surface area (Å²) in [6.07, 6.45) is 7.17. The summed E-state index contributed by atoms with van der Waals surface area (Å²) in [5, 5.41) is 214. The van der Waals surface area contributed by atoms with Gasteiger partial charge in [-0.25, -0.2) is 33.6 Å². The van der Waals surface area contributed by atoms with E-state index >= 15 is 0 Å². The molecule has 0 aliphatic rings. The first kappa shape index (κ1) is 78.2. The van der Waals surface area contributed by atoms with Crippen LogP contribution in [0.3, 0.4) is 0 Å². The zero-order valence-electron chi connectivity index (χ0n) is 53.4. The molecule has 0 saturated heterocycles. The maximum atomic E-state index is 10.9. The topological polar surface area (TPSA) is 585 Å². The monoisotopic (exact) mass is 1440 g/mol. The molecule has 30 heteroatoms. The molecule has 0 bridgehead atoms. The van der Waals surface area contributed by atoms with Crippen LogP contribution in [0.5, 0.6) is 92.0 Å². The SMILES string of the molecule is O=C(O)/C=C/C=C/c1cc(O)c(O)c(O)c1.O=C(O)/C=C/c1cc(O)c(O)c(O)c1.O=C(O)c1c(O)c(O)cc2ccccc12.O=C(O)c1c(O)cc(O)c2ccccc12.O=C(O)c1c(O)ccc2cc(O)ccc12.O=C(O)c1cc(O)c(O)c2ccccc12.O=C(O)c1cccc2ccc(O)c(O)c12. The van der Waals surface area contributed by atoms with Crippen LogP contribution in [-0.2, 0) is 9.59 Å². The molecule has 105 heavy (non-hydrogen) atoms. The van der Waals surface area contributed by atoms with Crippen molar-refractivity contribution in [3.05, 3.63) is 239 Å². The van der Waals surface area contributed by atoms with Gasteiger partial charge in [-0.3, -0.25) is 0 Å². The molecule has 12 aromatic rings. The number of fused-ring (bicyclic) bond motifs is 5. The third-order valence-electron chi connectivity index (χ3n) is 14.3. The number of carboxylic acid groups (broad SMARTS) is 7. The number of hydrogen-bond donors (Lipinski definition) is 23. The summed E-state index contributed by atoms with van der Waals surface area (Å²) in [6, 6.07) is 42.4. The number of benzene rings is 12. The molecular formula is C75H58O30. The van der Waals surface area contributed by atoms with Crippen molar-refractivity contribution >= 4 is 108 Å². The van der Waals surface area contributed by atoms with Crippen molar-refractivity contribution < 1.29 is 151 Å². The van der Waals surface area contributed by atoms with Crippen LogP contribution in [0.1, 0.15) is 62.9 Å². The van der Waals surface area contributed by atoms with Gasteiger partial charge in [0.05, 0.1) is 11.1 Å². The van der Waals surface area contributed by atoms with E-state index in [1.807, 2.05) is 0 Å². The molecule has 0 unspecified atom stereocenters. The first-order valence-corrected chi connectivity index (χ1v) is 29.4. The maximum Gasteiger partial charge on any atom is 0.340 e. The van der Waals surface area contributed by atoms with Gasteiger partial charge in [0.15, 0.2) is 69.0 Å². The van der Waals surface area contributed by atoms with E-state index in [9.17, 15) is 84.6 Å². The van der Waals surface area contributed by atoms with E-state index < -0.39 is 105 Å². The highest BCUT2D eigenvalue weighted by Gasteiger charge is 2.21. The first-order valence-electron chi connectivity index (χ1n) is 29.4. The number of carboxylic acids is 7. The molecule has 23 N–H and O–H groups in total. The molecule has 0 saturated carbocycles. The van der Waals surface area contributed by atoms with Crippen molar-refractivity contribution in [2.24, 2.45) is 0 Å². The summed E-state index contributed by atoms with van der Waals surface area (Å²) in [5.74, 6) is -14.5. The first-order chi connectivity index (χ1) is 49.5. The van der Waals surface area contributed by atoms with E-state index in [0.29, 0.717) is 54.0 Å². The Morgan fingerprint density at radius 3 is 1.23 bits per heavy atom. The van der Waals surface area contributed by atoms with Crippen LogP contribution in [0.25, 0.3) is 66.0 Å². The molecule has 0 radical (unpaired) electrons. The van der Waals surface area contributed by atoms with Gasteiger partial charge in [0.25, 0.3) is 0 Å². The Morgan fingerprint density at radius 1 is 0.248 bits per heavy atom. The maximum absolute atomic E-state index is 10.9. The fourth-order valence-corrected chi connectivity index (χ4v) is 9.60. The van der Waals surface area contributed by atoms with E-state index in [-0.39, 0.29) is 67.5 Å². The second-order valence-corrected chi connectivity index (χ2v) is 21.3. The highest BCUT2D eigenvalue weighted by atomic mass is 16.4. The minimum absolute atomic E-state index is 0.0269. The van der Waals surface area contributed by atoms with Crippen LogP contribution in [-0.4, -0.2) is 159 Å². The highest BCUT2D eigenvalue weighted by Crippen LogP contribution is 2.41. The Balaban J connectivity index is 0.000000192. The van der Waals surface area contributed by atoms with E-state index in [4.69, 9.17) is 66.4 Å². The molecule has 0 amide bonds. The Hall–Kier alpha value is -15.8. The molecule has 0 fully saturated rings. The largest absolute Gasteiger partial charge is 0.508 e. The molecule has 0 aliphatic heterocycles. The second kappa shape index (κ2) is 34.6.